The van der Waals surface area contributed by atoms with Crippen LogP contribution in [0.2, 0.25) is 0 Å². The van der Waals surface area contributed by atoms with E-state index in [0.717, 1.165) is 34.8 Å². The summed E-state index contributed by atoms with van der Waals surface area (Å²) in [6.45, 7) is 0. The zero-order valence-corrected chi connectivity index (χ0v) is 14.9. The van der Waals surface area contributed by atoms with Gasteiger partial charge < -0.3 is 4.42 Å². The van der Waals surface area contributed by atoms with E-state index < -0.39 is 0 Å². The fraction of sp³-hybridized carbons (Fsp3) is 0.360. The molecular formula is C25H22O. The molecule has 0 spiro atoms. The van der Waals surface area contributed by atoms with Crippen molar-refractivity contribution >= 4 is 32.7 Å². The monoisotopic (exact) mass is 338 g/mol. The second-order valence-corrected chi connectivity index (χ2v) is 9.01. The first-order valence-electron chi connectivity index (χ1n) is 10.2. The number of fused-ring (bicyclic) bond motifs is 5. The molecule has 4 bridgehead atoms. The molecule has 0 N–H and O–H groups in total. The molecule has 2 unspecified atom stereocenters. The average molecular weight is 338 g/mol. The number of furan rings is 1. The van der Waals surface area contributed by atoms with Crippen molar-refractivity contribution in [3.8, 4) is 0 Å². The fourth-order valence-electron chi connectivity index (χ4n) is 6.78. The summed E-state index contributed by atoms with van der Waals surface area (Å²) in [5.41, 5.74) is 5.43. The Balaban J connectivity index is 1.59. The maximum absolute atomic E-state index is 6.33. The van der Waals surface area contributed by atoms with Crippen molar-refractivity contribution in [1.29, 1.82) is 0 Å². The Hall–Kier alpha value is -2.28. The second-order valence-electron chi connectivity index (χ2n) is 9.01. The first-order valence-corrected chi connectivity index (χ1v) is 10.2. The van der Waals surface area contributed by atoms with Gasteiger partial charge in [0.1, 0.15) is 11.2 Å². The van der Waals surface area contributed by atoms with E-state index in [0.29, 0.717) is 0 Å². The standard InChI is InChI=1S/C25H22O/c1-2-4-23-19(3-1)21-8-6-20-22(25(21)26-23)7-5-18-16-10-14-9-15(11-16)13-17(12-14)24(18)20/h1-8,14-17H,9-13H2. The van der Waals surface area contributed by atoms with Gasteiger partial charge in [-0.3, -0.25) is 0 Å². The molecule has 0 radical (unpaired) electrons. The number of rotatable bonds is 0. The molecule has 128 valence electrons. The van der Waals surface area contributed by atoms with Gasteiger partial charge >= 0.3 is 0 Å². The normalized spacial score (nSPS) is 29.5. The van der Waals surface area contributed by atoms with Gasteiger partial charge in [0.2, 0.25) is 0 Å². The van der Waals surface area contributed by atoms with E-state index in [1.165, 1.54) is 53.6 Å². The quantitative estimate of drug-likeness (QED) is 0.332. The molecule has 2 fully saturated rings. The van der Waals surface area contributed by atoms with Crippen LogP contribution in [0.1, 0.15) is 55.1 Å². The molecule has 2 saturated carbocycles. The predicted octanol–water partition coefficient (Wildman–Crippen LogP) is 7.13. The van der Waals surface area contributed by atoms with Crippen molar-refractivity contribution in [2.45, 2.75) is 43.9 Å². The van der Waals surface area contributed by atoms with Crippen molar-refractivity contribution in [2.24, 2.45) is 11.8 Å². The Morgan fingerprint density at radius 2 is 1.31 bits per heavy atom. The van der Waals surface area contributed by atoms with Gasteiger partial charge in [0.25, 0.3) is 0 Å². The summed E-state index contributed by atoms with van der Waals surface area (Å²) in [4.78, 5) is 0. The molecule has 0 saturated heterocycles. The van der Waals surface area contributed by atoms with Crippen LogP contribution in [0, 0.1) is 11.8 Å². The lowest BCUT2D eigenvalue weighted by atomic mass is 9.67. The summed E-state index contributed by atoms with van der Waals surface area (Å²) < 4.78 is 6.33. The maximum atomic E-state index is 6.33. The number of benzene rings is 3. The van der Waals surface area contributed by atoms with Crippen LogP contribution in [-0.2, 0) is 0 Å². The van der Waals surface area contributed by atoms with Crippen LogP contribution in [0.4, 0.5) is 0 Å². The van der Waals surface area contributed by atoms with E-state index in [2.05, 4.69) is 48.5 Å². The minimum Gasteiger partial charge on any atom is -0.455 e. The number of hydrogen-bond donors (Lipinski definition) is 0. The highest BCUT2D eigenvalue weighted by atomic mass is 16.3. The zero-order chi connectivity index (χ0) is 16.8. The lowest BCUT2D eigenvalue weighted by molar-refractivity contribution is 0.166. The molecule has 4 aliphatic rings. The molecule has 1 nitrogen and oxygen atoms in total. The van der Waals surface area contributed by atoms with Gasteiger partial charge in [0.15, 0.2) is 0 Å². The largest absolute Gasteiger partial charge is 0.455 e. The van der Waals surface area contributed by atoms with Crippen LogP contribution in [0.25, 0.3) is 32.7 Å². The number of hydrogen-bond acceptors (Lipinski definition) is 1. The van der Waals surface area contributed by atoms with Crippen molar-refractivity contribution in [2.75, 3.05) is 0 Å². The zero-order valence-electron chi connectivity index (χ0n) is 14.9. The fourth-order valence-corrected chi connectivity index (χ4v) is 6.78. The molecule has 0 aliphatic heterocycles. The third-order valence-corrected chi connectivity index (χ3v) is 7.60. The molecule has 1 heteroatoms. The summed E-state index contributed by atoms with van der Waals surface area (Å²) in [5.74, 6) is 3.51. The van der Waals surface area contributed by atoms with Crippen molar-refractivity contribution in [3.05, 3.63) is 59.7 Å². The smallest absolute Gasteiger partial charge is 0.143 e. The molecule has 8 rings (SSSR count). The maximum Gasteiger partial charge on any atom is 0.143 e. The summed E-state index contributed by atoms with van der Waals surface area (Å²) in [6.07, 6.45) is 7.18. The van der Waals surface area contributed by atoms with Gasteiger partial charge in [-0.1, -0.05) is 36.4 Å². The highest BCUT2D eigenvalue weighted by molar-refractivity contribution is 6.15. The van der Waals surface area contributed by atoms with E-state index in [1.807, 2.05) is 0 Å². The predicted molar refractivity (Wildman–Crippen MR) is 107 cm³/mol. The van der Waals surface area contributed by atoms with E-state index >= 15 is 0 Å². The molecule has 1 heterocycles. The first kappa shape index (κ1) is 13.9. The van der Waals surface area contributed by atoms with Crippen LogP contribution in [0.5, 0.6) is 0 Å². The highest BCUT2D eigenvalue weighted by Gasteiger charge is 2.42. The Labute approximate surface area is 153 Å². The van der Waals surface area contributed by atoms with E-state index in [4.69, 9.17) is 4.42 Å². The molecule has 3 aromatic carbocycles. The first-order chi connectivity index (χ1) is 12.8. The SMILES string of the molecule is c1ccc2c(c1)oc1c3ccc4c(c3ccc21)C1CC2CC(CC4C2)C1. The van der Waals surface area contributed by atoms with Crippen molar-refractivity contribution < 1.29 is 4.42 Å². The van der Waals surface area contributed by atoms with E-state index in [-0.39, 0.29) is 0 Å². The molecule has 4 aromatic rings. The minimum absolute atomic E-state index is 0.770. The topological polar surface area (TPSA) is 13.1 Å². The molecule has 26 heavy (non-hydrogen) atoms. The van der Waals surface area contributed by atoms with Gasteiger partial charge in [0, 0.05) is 16.2 Å². The Kier molecular flexibility index (Phi) is 2.51. The van der Waals surface area contributed by atoms with E-state index in [9.17, 15) is 0 Å². The van der Waals surface area contributed by atoms with Gasteiger partial charge in [-0.15, -0.1) is 0 Å². The average Bonchev–Trinajstić information content (AvgIpc) is 2.96. The minimum atomic E-state index is 0.770. The molecule has 2 atom stereocenters. The highest BCUT2D eigenvalue weighted by Crippen LogP contribution is 2.57. The Bertz CT molecular complexity index is 1180. The summed E-state index contributed by atoms with van der Waals surface area (Å²) in [5, 5.41) is 5.28. The van der Waals surface area contributed by atoms with Crippen molar-refractivity contribution in [1.82, 2.24) is 0 Å². The molecule has 1 aromatic heterocycles. The van der Waals surface area contributed by atoms with Crippen molar-refractivity contribution in [3.63, 3.8) is 0 Å². The van der Waals surface area contributed by atoms with Crippen LogP contribution < -0.4 is 0 Å². The van der Waals surface area contributed by atoms with Crippen LogP contribution in [0.15, 0.2) is 52.9 Å². The molecule has 4 aliphatic carbocycles. The lowest BCUT2D eigenvalue weighted by Gasteiger charge is -2.38. The summed E-state index contributed by atoms with van der Waals surface area (Å²) >= 11 is 0. The van der Waals surface area contributed by atoms with Gasteiger partial charge in [-0.05, 0) is 84.4 Å². The van der Waals surface area contributed by atoms with Gasteiger partial charge in [-0.25, -0.2) is 0 Å². The summed E-state index contributed by atoms with van der Waals surface area (Å²) in [6, 6.07) is 17.9. The molecular weight excluding hydrogens is 316 g/mol. The molecule has 0 amide bonds. The van der Waals surface area contributed by atoms with Crippen LogP contribution in [0.3, 0.4) is 0 Å². The van der Waals surface area contributed by atoms with Gasteiger partial charge in [0.05, 0.1) is 0 Å². The third kappa shape index (κ3) is 1.67. The Morgan fingerprint density at radius 1 is 0.615 bits per heavy atom. The summed E-state index contributed by atoms with van der Waals surface area (Å²) in [7, 11) is 0. The third-order valence-electron chi connectivity index (χ3n) is 7.60. The lowest BCUT2D eigenvalue weighted by Crippen LogP contribution is -2.25. The Morgan fingerprint density at radius 3 is 2.19 bits per heavy atom. The number of para-hydroxylation sites is 1. The van der Waals surface area contributed by atoms with Crippen LogP contribution in [-0.4, -0.2) is 0 Å². The van der Waals surface area contributed by atoms with E-state index in [1.54, 1.807) is 11.1 Å². The van der Waals surface area contributed by atoms with Gasteiger partial charge in [-0.2, -0.15) is 0 Å². The van der Waals surface area contributed by atoms with Crippen LogP contribution >= 0.6 is 0 Å². The second kappa shape index (κ2) is 4.71.